The van der Waals surface area contributed by atoms with Gasteiger partial charge in [-0.15, -0.1) is 0 Å². The molecule has 0 bridgehead atoms. The Kier molecular flexibility index (Phi) is 8.25. The summed E-state index contributed by atoms with van der Waals surface area (Å²) in [5.74, 6) is -0.141. The van der Waals surface area contributed by atoms with E-state index in [0.717, 1.165) is 10.6 Å². The molecule has 0 spiro atoms. The Morgan fingerprint density at radius 2 is 1.91 bits per heavy atom. The summed E-state index contributed by atoms with van der Waals surface area (Å²) in [4.78, 5) is 25.5. The number of methoxy groups -OCH3 is 1. The highest BCUT2D eigenvalue weighted by molar-refractivity contribution is 7.92. The van der Waals surface area contributed by atoms with Crippen molar-refractivity contribution in [1.29, 1.82) is 0 Å². The van der Waals surface area contributed by atoms with Gasteiger partial charge in [-0.1, -0.05) is 0 Å². The normalized spacial score (nSPS) is 15.0. The number of carbonyl (C=O) groups excluding carboxylic acids is 1. The molecule has 0 saturated carbocycles. The zero-order chi connectivity index (χ0) is 25.6. The number of nitrogens with one attached hydrogen (secondary N) is 1. The molecule has 12 nitrogen and oxygen atoms in total. The van der Waals surface area contributed by atoms with Crippen molar-refractivity contribution in [3.05, 3.63) is 58.1 Å². The standard InChI is InChI=1S/C22H27N5O7S/c1-16(26(35(3,31)32)18-4-7-20(33-2)8-5-18)22(28)24-23-15-17-14-19(27(29)30)6-9-21(17)25-10-12-34-13-11-25/h4-9,14-16H,10-13H2,1-3H3,(H,24,28)/b23-15-/t16-/m0/s1. The average Bonchev–Trinajstić information content (AvgIpc) is 2.84. The zero-order valence-electron chi connectivity index (χ0n) is 19.6. The van der Waals surface area contributed by atoms with E-state index < -0.39 is 26.9 Å². The highest BCUT2D eigenvalue weighted by Crippen LogP contribution is 2.26. The molecule has 1 heterocycles. The number of hydrogen-bond acceptors (Lipinski definition) is 9. The number of rotatable bonds is 9. The fourth-order valence-electron chi connectivity index (χ4n) is 3.65. The number of nitrogens with zero attached hydrogens (tertiary/aromatic N) is 4. The van der Waals surface area contributed by atoms with Crippen molar-refractivity contribution >= 4 is 39.2 Å². The van der Waals surface area contributed by atoms with Gasteiger partial charge >= 0.3 is 0 Å². The summed E-state index contributed by atoms with van der Waals surface area (Å²) in [7, 11) is -2.32. The third-order valence-electron chi connectivity index (χ3n) is 5.37. The molecule has 188 valence electrons. The Bertz CT molecular complexity index is 1200. The zero-order valence-corrected chi connectivity index (χ0v) is 20.4. The van der Waals surface area contributed by atoms with Crippen molar-refractivity contribution < 1.29 is 27.6 Å². The highest BCUT2D eigenvalue weighted by atomic mass is 32.2. The topological polar surface area (TPSA) is 144 Å². The number of non-ortho nitro benzene ring substituents is 1. The number of nitro benzene ring substituents is 1. The van der Waals surface area contributed by atoms with Crippen molar-refractivity contribution in [1.82, 2.24) is 5.43 Å². The van der Waals surface area contributed by atoms with E-state index in [4.69, 9.17) is 9.47 Å². The van der Waals surface area contributed by atoms with E-state index in [-0.39, 0.29) is 11.4 Å². The maximum absolute atomic E-state index is 12.8. The monoisotopic (exact) mass is 505 g/mol. The van der Waals surface area contributed by atoms with Gasteiger partial charge in [0.15, 0.2) is 0 Å². The molecule has 1 saturated heterocycles. The number of hydrogen-bond donors (Lipinski definition) is 1. The van der Waals surface area contributed by atoms with Crippen LogP contribution in [0.4, 0.5) is 17.1 Å². The van der Waals surface area contributed by atoms with Crippen LogP contribution in [0, 0.1) is 10.1 Å². The molecular weight excluding hydrogens is 478 g/mol. The molecule has 1 N–H and O–H groups in total. The van der Waals surface area contributed by atoms with Gasteiger partial charge in [0.2, 0.25) is 10.0 Å². The summed E-state index contributed by atoms with van der Waals surface area (Å²) in [6.07, 6.45) is 2.31. The molecule has 1 aliphatic heterocycles. The summed E-state index contributed by atoms with van der Waals surface area (Å²) in [6, 6.07) is 9.52. The quantitative estimate of drug-likeness (QED) is 0.308. The predicted octanol–water partition coefficient (Wildman–Crippen LogP) is 1.74. The number of hydrazone groups is 1. The number of morpholine rings is 1. The lowest BCUT2D eigenvalue weighted by atomic mass is 10.1. The van der Waals surface area contributed by atoms with Gasteiger partial charge < -0.3 is 14.4 Å². The minimum atomic E-state index is -3.81. The van der Waals surface area contributed by atoms with Crippen LogP contribution in [0.3, 0.4) is 0 Å². The van der Waals surface area contributed by atoms with Gasteiger partial charge in [0.1, 0.15) is 11.8 Å². The van der Waals surface area contributed by atoms with E-state index in [1.807, 2.05) is 4.90 Å². The van der Waals surface area contributed by atoms with Gasteiger partial charge in [0.05, 0.1) is 43.4 Å². The van der Waals surface area contributed by atoms with Crippen molar-refractivity contribution in [2.75, 3.05) is 48.9 Å². The molecule has 1 amide bonds. The van der Waals surface area contributed by atoms with Gasteiger partial charge in [0.25, 0.3) is 11.6 Å². The number of amides is 1. The van der Waals surface area contributed by atoms with Gasteiger partial charge in [-0.05, 0) is 37.3 Å². The van der Waals surface area contributed by atoms with Gasteiger partial charge in [-0.25, -0.2) is 13.8 Å². The molecule has 35 heavy (non-hydrogen) atoms. The SMILES string of the molecule is COc1ccc(N([C@@H](C)C(=O)N/N=C\c2cc([N+](=O)[O-])ccc2N2CCOCC2)S(C)(=O)=O)cc1. The summed E-state index contributed by atoms with van der Waals surface area (Å²) in [5, 5.41) is 15.2. The second-order valence-electron chi connectivity index (χ2n) is 7.77. The van der Waals surface area contributed by atoms with Crippen LogP contribution in [-0.4, -0.2) is 71.2 Å². The third kappa shape index (κ3) is 6.45. The van der Waals surface area contributed by atoms with Crippen LogP contribution in [0.1, 0.15) is 12.5 Å². The first kappa shape index (κ1) is 25.9. The van der Waals surface area contributed by atoms with Gasteiger partial charge in [-0.2, -0.15) is 5.10 Å². The van der Waals surface area contributed by atoms with Crippen molar-refractivity contribution in [3.8, 4) is 5.75 Å². The summed E-state index contributed by atoms with van der Waals surface area (Å²) in [5.41, 5.74) is 3.65. The Morgan fingerprint density at radius 3 is 2.49 bits per heavy atom. The van der Waals surface area contributed by atoms with E-state index in [9.17, 15) is 23.3 Å². The number of anilines is 2. The van der Waals surface area contributed by atoms with E-state index in [2.05, 4.69) is 10.5 Å². The molecule has 2 aromatic carbocycles. The molecular formula is C22H27N5O7S. The first-order valence-corrected chi connectivity index (χ1v) is 12.5. The number of ether oxygens (including phenoxy) is 2. The lowest BCUT2D eigenvalue weighted by Gasteiger charge is -2.30. The Labute approximate surface area is 203 Å². The van der Waals surface area contributed by atoms with Crippen molar-refractivity contribution in [3.63, 3.8) is 0 Å². The fourth-order valence-corrected chi connectivity index (χ4v) is 4.82. The van der Waals surface area contributed by atoms with Gasteiger partial charge in [0, 0.05) is 36.5 Å². The molecule has 13 heteroatoms. The Balaban J connectivity index is 1.81. The largest absolute Gasteiger partial charge is 0.497 e. The molecule has 0 aromatic heterocycles. The van der Waals surface area contributed by atoms with Crippen LogP contribution in [0.5, 0.6) is 5.75 Å². The first-order valence-electron chi connectivity index (χ1n) is 10.7. The van der Waals surface area contributed by atoms with Crippen LogP contribution in [0.2, 0.25) is 0 Å². The second-order valence-corrected chi connectivity index (χ2v) is 9.63. The number of carbonyl (C=O) groups is 1. The molecule has 3 rings (SSSR count). The van der Waals surface area contributed by atoms with Gasteiger partial charge in [-0.3, -0.25) is 19.2 Å². The van der Waals surface area contributed by atoms with Crippen LogP contribution in [0.15, 0.2) is 47.6 Å². The molecule has 1 atom stereocenters. The average molecular weight is 506 g/mol. The first-order chi connectivity index (χ1) is 16.6. The molecule has 1 fully saturated rings. The number of benzene rings is 2. The van der Waals surface area contributed by atoms with Crippen LogP contribution in [0.25, 0.3) is 0 Å². The number of nitro groups is 1. The maximum atomic E-state index is 12.8. The molecule has 2 aromatic rings. The molecule has 1 aliphatic rings. The Hall–Kier alpha value is -3.71. The van der Waals surface area contributed by atoms with Crippen LogP contribution < -0.4 is 19.4 Å². The van der Waals surface area contributed by atoms with Crippen LogP contribution in [-0.2, 0) is 19.6 Å². The molecule has 0 aliphatic carbocycles. The number of sulfonamides is 1. The lowest BCUT2D eigenvalue weighted by molar-refractivity contribution is -0.384. The fraction of sp³-hybridized carbons (Fsp3) is 0.364. The van der Waals surface area contributed by atoms with E-state index >= 15 is 0 Å². The molecule has 0 unspecified atom stereocenters. The lowest BCUT2D eigenvalue weighted by Crippen LogP contribution is -2.46. The summed E-state index contributed by atoms with van der Waals surface area (Å²) >= 11 is 0. The third-order valence-corrected chi connectivity index (χ3v) is 6.61. The highest BCUT2D eigenvalue weighted by Gasteiger charge is 2.29. The van der Waals surface area contributed by atoms with Crippen LogP contribution >= 0.6 is 0 Å². The van der Waals surface area contributed by atoms with E-state index in [1.165, 1.54) is 44.5 Å². The maximum Gasteiger partial charge on any atom is 0.270 e. The Morgan fingerprint density at radius 1 is 1.26 bits per heavy atom. The minimum Gasteiger partial charge on any atom is -0.497 e. The summed E-state index contributed by atoms with van der Waals surface area (Å²) in [6.45, 7) is 3.69. The predicted molar refractivity (Wildman–Crippen MR) is 132 cm³/mol. The smallest absolute Gasteiger partial charge is 0.270 e. The summed E-state index contributed by atoms with van der Waals surface area (Å²) < 4.78 is 36.3. The van der Waals surface area contributed by atoms with Crippen molar-refractivity contribution in [2.45, 2.75) is 13.0 Å². The minimum absolute atomic E-state index is 0.120. The van der Waals surface area contributed by atoms with E-state index in [1.54, 1.807) is 18.2 Å². The van der Waals surface area contributed by atoms with E-state index in [0.29, 0.717) is 43.3 Å². The second kappa shape index (κ2) is 11.1. The molecule has 0 radical (unpaired) electrons. The van der Waals surface area contributed by atoms with Crippen molar-refractivity contribution in [2.24, 2.45) is 5.10 Å².